The van der Waals surface area contributed by atoms with E-state index in [0.717, 1.165) is 6.54 Å². The Labute approximate surface area is 175 Å². The summed E-state index contributed by atoms with van der Waals surface area (Å²) in [6.07, 6.45) is 0.636. The molecule has 0 aliphatic carbocycles. The smallest absolute Gasteiger partial charge is 0.295 e. The number of Topliss-reactive ketones (excluding diaryl/α,β-unsaturated/α-hetero) is 1. The van der Waals surface area contributed by atoms with Crippen molar-refractivity contribution in [3.05, 3.63) is 58.2 Å². The zero-order valence-corrected chi connectivity index (χ0v) is 17.9. The second-order valence-corrected chi connectivity index (χ2v) is 7.87. The average molecular weight is 414 g/mol. The summed E-state index contributed by atoms with van der Waals surface area (Å²) in [7, 11) is 5.58. The first-order chi connectivity index (χ1) is 14.1. The number of aryl methyl sites for hydroxylation is 2. The van der Waals surface area contributed by atoms with E-state index in [1.165, 1.54) is 23.1 Å². The number of ketones is 1. The Morgan fingerprint density at radius 3 is 2.53 bits per heavy atom. The van der Waals surface area contributed by atoms with Gasteiger partial charge >= 0.3 is 0 Å². The van der Waals surface area contributed by atoms with Gasteiger partial charge in [0.1, 0.15) is 11.6 Å². The minimum atomic E-state index is -0.859. The Balaban J connectivity index is 2.16. The molecule has 1 aromatic carbocycles. The van der Waals surface area contributed by atoms with Crippen molar-refractivity contribution in [3.63, 3.8) is 0 Å². The largest absolute Gasteiger partial charge is 0.507 e. The molecule has 1 aliphatic rings. The van der Waals surface area contributed by atoms with E-state index in [1.807, 2.05) is 19.0 Å². The van der Waals surface area contributed by atoms with Crippen LogP contribution in [0.5, 0.6) is 0 Å². The standard InChI is InChI=1S/C22H27FN4O3/c1-13-17(14(2)26(5)24-13)20(28)18-19(15-8-6-9-16(23)12-15)27(22(30)21(18)29)11-7-10-25(3)4/h6,8-9,12,19,28H,7,10-11H2,1-5H3/t19-/m1/s1. The third kappa shape index (κ3) is 3.87. The molecule has 2 heterocycles. The predicted molar refractivity (Wildman–Crippen MR) is 111 cm³/mol. The molecule has 1 atom stereocenters. The number of aliphatic hydroxyl groups excluding tert-OH is 1. The van der Waals surface area contributed by atoms with Crippen molar-refractivity contribution in [3.8, 4) is 0 Å². The van der Waals surface area contributed by atoms with Gasteiger partial charge in [0, 0.05) is 19.3 Å². The van der Waals surface area contributed by atoms with Crippen molar-refractivity contribution in [2.24, 2.45) is 7.05 Å². The Kier molecular flexibility index (Phi) is 6.07. The molecule has 1 amide bonds. The molecule has 0 radical (unpaired) electrons. The summed E-state index contributed by atoms with van der Waals surface area (Å²) in [5.74, 6) is -2.21. The molecule has 2 aromatic rings. The van der Waals surface area contributed by atoms with E-state index < -0.39 is 23.5 Å². The van der Waals surface area contributed by atoms with Crippen LogP contribution >= 0.6 is 0 Å². The van der Waals surface area contributed by atoms with Crippen molar-refractivity contribution in [2.75, 3.05) is 27.2 Å². The van der Waals surface area contributed by atoms with Gasteiger partial charge in [-0.05, 0) is 58.6 Å². The third-order valence-corrected chi connectivity index (χ3v) is 5.45. The van der Waals surface area contributed by atoms with Crippen LogP contribution in [-0.2, 0) is 16.6 Å². The van der Waals surface area contributed by atoms with Gasteiger partial charge in [0.2, 0.25) is 0 Å². The van der Waals surface area contributed by atoms with E-state index in [2.05, 4.69) is 5.10 Å². The van der Waals surface area contributed by atoms with Crippen LogP contribution in [0.25, 0.3) is 5.76 Å². The molecule has 1 N–H and O–H groups in total. The van der Waals surface area contributed by atoms with Crippen LogP contribution in [0.15, 0.2) is 29.8 Å². The first-order valence-corrected chi connectivity index (χ1v) is 9.82. The number of carbonyl (C=O) groups is 2. The molecule has 0 spiro atoms. The Morgan fingerprint density at radius 2 is 1.97 bits per heavy atom. The normalized spacial score (nSPS) is 18.6. The minimum absolute atomic E-state index is 0.0327. The Morgan fingerprint density at radius 1 is 1.27 bits per heavy atom. The average Bonchev–Trinajstić information content (AvgIpc) is 3.07. The number of likely N-dealkylation sites (tertiary alicyclic amines) is 1. The lowest BCUT2D eigenvalue weighted by Crippen LogP contribution is -2.32. The van der Waals surface area contributed by atoms with Gasteiger partial charge in [-0.15, -0.1) is 0 Å². The summed E-state index contributed by atoms with van der Waals surface area (Å²) in [5.41, 5.74) is 2.05. The van der Waals surface area contributed by atoms with Gasteiger partial charge in [-0.1, -0.05) is 12.1 Å². The minimum Gasteiger partial charge on any atom is -0.507 e. The Hall–Kier alpha value is -3.00. The third-order valence-electron chi connectivity index (χ3n) is 5.45. The van der Waals surface area contributed by atoms with Crippen molar-refractivity contribution in [2.45, 2.75) is 26.3 Å². The topological polar surface area (TPSA) is 78.7 Å². The summed E-state index contributed by atoms with van der Waals surface area (Å²) in [6.45, 7) is 4.54. The number of benzene rings is 1. The van der Waals surface area contributed by atoms with Crippen molar-refractivity contribution < 1.29 is 19.1 Å². The zero-order chi connectivity index (χ0) is 22.2. The van der Waals surface area contributed by atoms with Crippen LogP contribution in [0.4, 0.5) is 4.39 Å². The van der Waals surface area contributed by atoms with Gasteiger partial charge in [-0.25, -0.2) is 4.39 Å². The molecule has 0 unspecified atom stereocenters. The summed E-state index contributed by atoms with van der Waals surface area (Å²) in [6, 6.07) is 4.94. The lowest BCUT2D eigenvalue weighted by atomic mass is 9.94. The molecule has 1 aromatic heterocycles. The maximum atomic E-state index is 14.0. The molecule has 1 saturated heterocycles. The van der Waals surface area contributed by atoms with Gasteiger partial charge in [0.25, 0.3) is 11.7 Å². The molecule has 160 valence electrons. The number of carbonyl (C=O) groups excluding carboxylic acids is 2. The maximum absolute atomic E-state index is 14.0. The van der Waals surface area contributed by atoms with Crippen molar-refractivity contribution in [1.82, 2.24) is 19.6 Å². The SMILES string of the molecule is Cc1nn(C)c(C)c1C(O)=C1C(=O)C(=O)N(CCCN(C)C)[C@@H]1c1cccc(F)c1. The molecule has 1 aliphatic heterocycles. The fourth-order valence-corrected chi connectivity index (χ4v) is 3.94. The summed E-state index contributed by atoms with van der Waals surface area (Å²) >= 11 is 0. The van der Waals surface area contributed by atoms with Crippen LogP contribution in [0, 0.1) is 19.7 Å². The molecule has 7 nitrogen and oxygen atoms in total. The number of nitrogens with zero attached hydrogens (tertiary/aromatic N) is 4. The lowest BCUT2D eigenvalue weighted by Gasteiger charge is -2.26. The lowest BCUT2D eigenvalue weighted by molar-refractivity contribution is -0.139. The highest BCUT2D eigenvalue weighted by Gasteiger charge is 2.46. The highest BCUT2D eigenvalue weighted by Crippen LogP contribution is 2.40. The highest BCUT2D eigenvalue weighted by molar-refractivity contribution is 6.46. The zero-order valence-electron chi connectivity index (χ0n) is 17.9. The van der Waals surface area contributed by atoms with E-state index in [4.69, 9.17) is 0 Å². The molecule has 0 saturated carbocycles. The molecule has 30 heavy (non-hydrogen) atoms. The van der Waals surface area contributed by atoms with Gasteiger partial charge in [-0.2, -0.15) is 5.10 Å². The van der Waals surface area contributed by atoms with E-state index in [0.29, 0.717) is 35.5 Å². The molecular weight excluding hydrogens is 387 g/mol. The van der Waals surface area contributed by atoms with Crippen LogP contribution < -0.4 is 0 Å². The predicted octanol–water partition coefficient (Wildman–Crippen LogP) is 2.55. The fraction of sp³-hybridized carbons (Fsp3) is 0.409. The number of aromatic nitrogens is 2. The highest BCUT2D eigenvalue weighted by atomic mass is 19.1. The number of rotatable bonds is 6. The first-order valence-electron chi connectivity index (χ1n) is 9.82. The molecular formula is C22H27FN4O3. The molecule has 3 rings (SSSR count). The number of amides is 1. The number of halogens is 1. The number of hydrogen-bond acceptors (Lipinski definition) is 5. The summed E-state index contributed by atoms with van der Waals surface area (Å²) < 4.78 is 15.6. The summed E-state index contributed by atoms with van der Waals surface area (Å²) in [5, 5.41) is 15.4. The molecule has 0 bridgehead atoms. The Bertz CT molecular complexity index is 1030. The monoisotopic (exact) mass is 414 g/mol. The van der Waals surface area contributed by atoms with Crippen molar-refractivity contribution >= 4 is 17.4 Å². The van der Waals surface area contributed by atoms with Gasteiger partial charge < -0.3 is 14.9 Å². The van der Waals surface area contributed by atoms with Gasteiger partial charge in [-0.3, -0.25) is 14.3 Å². The summed E-state index contributed by atoms with van der Waals surface area (Å²) in [4.78, 5) is 29.3. The second kappa shape index (κ2) is 8.39. The second-order valence-electron chi connectivity index (χ2n) is 7.87. The number of hydrogen-bond donors (Lipinski definition) is 1. The molecule has 8 heteroatoms. The maximum Gasteiger partial charge on any atom is 0.295 e. The van der Waals surface area contributed by atoms with Crippen molar-refractivity contribution in [1.29, 1.82) is 0 Å². The van der Waals surface area contributed by atoms with Crippen LogP contribution in [0.3, 0.4) is 0 Å². The quantitative estimate of drug-likeness (QED) is 0.447. The first kappa shape index (κ1) is 21.7. The van der Waals surface area contributed by atoms with Gasteiger partial charge in [0.05, 0.1) is 22.9 Å². The molecule has 1 fully saturated rings. The van der Waals surface area contributed by atoms with E-state index >= 15 is 0 Å². The van der Waals surface area contributed by atoms with Gasteiger partial charge in [0.15, 0.2) is 0 Å². The number of aliphatic hydroxyl groups is 1. The van der Waals surface area contributed by atoms with Crippen LogP contribution in [0.1, 0.15) is 35.0 Å². The van der Waals surface area contributed by atoms with E-state index in [1.54, 1.807) is 31.6 Å². The van der Waals surface area contributed by atoms with E-state index in [-0.39, 0.29) is 11.3 Å². The fourth-order valence-electron chi connectivity index (χ4n) is 3.94. The van der Waals surface area contributed by atoms with Crippen LogP contribution in [0.2, 0.25) is 0 Å². The van der Waals surface area contributed by atoms with E-state index in [9.17, 15) is 19.1 Å². The van der Waals surface area contributed by atoms with Crippen LogP contribution in [-0.4, -0.2) is 63.6 Å².